The van der Waals surface area contributed by atoms with Crippen LogP contribution in [-0.4, -0.2) is 23.3 Å². The summed E-state index contributed by atoms with van der Waals surface area (Å²) in [6.07, 6.45) is -3.83. The minimum atomic E-state index is -4.89. The molecule has 0 saturated carbocycles. The van der Waals surface area contributed by atoms with Gasteiger partial charge in [-0.3, -0.25) is 4.79 Å². The maximum absolute atomic E-state index is 12.6. The normalized spacial score (nSPS) is 11.8. The Kier molecular flexibility index (Phi) is 5.91. The molecule has 3 rings (SSSR count). The molecular formula is C21H14F3NO5. The summed E-state index contributed by atoms with van der Waals surface area (Å²) in [5.41, 5.74) is -0.188. The van der Waals surface area contributed by atoms with E-state index in [1.165, 1.54) is 42.5 Å². The topological polar surface area (TPSA) is 88.8 Å². The molecule has 2 aromatic carbocycles. The molecule has 3 aromatic rings. The number of amides is 1. The van der Waals surface area contributed by atoms with Crippen LogP contribution >= 0.6 is 0 Å². The predicted octanol–water partition coefficient (Wildman–Crippen LogP) is 4.70. The van der Waals surface area contributed by atoms with Gasteiger partial charge in [0.1, 0.15) is 23.0 Å². The van der Waals surface area contributed by atoms with Gasteiger partial charge in [-0.05, 0) is 36.4 Å². The van der Waals surface area contributed by atoms with Gasteiger partial charge in [0, 0.05) is 11.6 Å². The molecule has 2 N–H and O–H groups in total. The lowest BCUT2D eigenvalue weighted by atomic mass is 10.1. The molecule has 0 saturated heterocycles. The summed E-state index contributed by atoms with van der Waals surface area (Å²) in [5, 5.41) is 11.6. The molecule has 0 radical (unpaired) electrons. The molecule has 0 fully saturated rings. The highest BCUT2D eigenvalue weighted by Crippen LogP contribution is 2.34. The van der Waals surface area contributed by atoms with E-state index in [4.69, 9.17) is 4.42 Å². The largest absolute Gasteiger partial charge is 0.573 e. The highest BCUT2D eigenvalue weighted by Gasteiger charge is 2.32. The Morgan fingerprint density at radius 3 is 2.30 bits per heavy atom. The first-order valence-electron chi connectivity index (χ1n) is 8.49. The van der Waals surface area contributed by atoms with Crippen LogP contribution in [0.5, 0.6) is 5.75 Å². The molecule has 0 aliphatic rings. The molecule has 0 aliphatic heterocycles. The number of carbonyl (C=O) groups excluding carboxylic acids is 1. The van der Waals surface area contributed by atoms with Crippen LogP contribution in [0.3, 0.4) is 0 Å². The summed E-state index contributed by atoms with van der Waals surface area (Å²) >= 11 is 0. The zero-order chi connectivity index (χ0) is 21.7. The van der Waals surface area contributed by atoms with Crippen molar-refractivity contribution in [2.75, 3.05) is 0 Å². The maximum atomic E-state index is 12.6. The Bertz CT molecular complexity index is 1090. The fourth-order valence-corrected chi connectivity index (χ4v) is 2.54. The summed E-state index contributed by atoms with van der Waals surface area (Å²) < 4.78 is 47.2. The zero-order valence-corrected chi connectivity index (χ0v) is 15.1. The van der Waals surface area contributed by atoms with E-state index < -0.39 is 29.7 Å². The van der Waals surface area contributed by atoms with E-state index in [1.54, 1.807) is 18.2 Å². The van der Waals surface area contributed by atoms with Crippen LogP contribution in [-0.2, 0) is 4.79 Å². The third-order valence-corrected chi connectivity index (χ3v) is 3.81. The van der Waals surface area contributed by atoms with Gasteiger partial charge in [0.25, 0.3) is 5.91 Å². The van der Waals surface area contributed by atoms with Crippen LogP contribution in [0.2, 0.25) is 0 Å². The smallest absolute Gasteiger partial charge is 0.477 e. The Labute approximate surface area is 168 Å². The van der Waals surface area contributed by atoms with Gasteiger partial charge in [-0.25, -0.2) is 4.79 Å². The number of halogens is 3. The average molecular weight is 417 g/mol. The number of aliphatic carboxylic acids is 1. The van der Waals surface area contributed by atoms with Crippen LogP contribution in [0.15, 0.2) is 76.8 Å². The summed E-state index contributed by atoms with van der Waals surface area (Å²) in [6, 6.07) is 16.1. The molecule has 1 heterocycles. The van der Waals surface area contributed by atoms with Crippen molar-refractivity contribution in [2.24, 2.45) is 0 Å². The Morgan fingerprint density at radius 2 is 1.63 bits per heavy atom. The number of carboxylic acids is 1. The van der Waals surface area contributed by atoms with Crippen LogP contribution in [0.1, 0.15) is 16.1 Å². The maximum Gasteiger partial charge on any atom is 0.573 e. The fourth-order valence-electron chi connectivity index (χ4n) is 2.54. The number of benzene rings is 2. The van der Waals surface area contributed by atoms with Crippen molar-refractivity contribution in [3.8, 4) is 17.1 Å². The zero-order valence-electron chi connectivity index (χ0n) is 15.1. The highest BCUT2D eigenvalue weighted by molar-refractivity contribution is 6.02. The number of ether oxygens (including phenoxy) is 1. The van der Waals surface area contributed by atoms with E-state index in [0.29, 0.717) is 0 Å². The van der Waals surface area contributed by atoms with Crippen LogP contribution < -0.4 is 10.1 Å². The molecule has 0 aliphatic carbocycles. The number of carbonyl (C=O) groups is 2. The van der Waals surface area contributed by atoms with E-state index >= 15 is 0 Å². The van der Waals surface area contributed by atoms with Gasteiger partial charge in [-0.1, -0.05) is 30.3 Å². The first-order chi connectivity index (χ1) is 14.2. The molecule has 154 valence electrons. The van der Waals surface area contributed by atoms with Crippen molar-refractivity contribution in [1.82, 2.24) is 5.32 Å². The Balaban J connectivity index is 1.87. The van der Waals surface area contributed by atoms with Gasteiger partial charge in [-0.2, -0.15) is 0 Å². The summed E-state index contributed by atoms with van der Waals surface area (Å²) in [6.45, 7) is 0. The van der Waals surface area contributed by atoms with Crippen LogP contribution in [0.25, 0.3) is 17.4 Å². The Morgan fingerprint density at radius 1 is 0.967 bits per heavy atom. The summed E-state index contributed by atoms with van der Waals surface area (Å²) in [4.78, 5) is 23.7. The second-order valence-corrected chi connectivity index (χ2v) is 5.93. The molecule has 0 unspecified atom stereocenters. The quantitative estimate of drug-likeness (QED) is 0.568. The molecule has 0 spiro atoms. The van der Waals surface area contributed by atoms with Gasteiger partial charge in [0.15, 0.2) is 0 Å². The molecule has 1 aromatic heterocycles. The van der Waals surface area contributed by atoms with Crippen LogP contribution in [0.4, 0.5) is 13.2 Å². The minimum Gasteiger partial charge on any atom is -0.477 e. The van der Waals surface area contributed by atoms with E-state index in [2.05, 4.69) is 10.1 Å². The monoisotopic (exact) mass is 417 g/mol. The second-order valence-electron chi connectivity index (χ2n) is 5.93. The molecule has 9 heteroatoms. The number of carboxylic acid groups (broad SMARTS) is 1. The molecular weight excluding hydrogens is 403 g/mol. The predicted molar refractivity (Wildman–Crippen MR) is 100 cm³/mol. The number of rotatable bonds is 6. The lowest BCUT2D eigenvalue weighted by Crippen LogP contribution is -2.27. The number of para-hydroxylation sites is 1. The van der Waals surface area contributed by atoms with Crippen molar-refractivity contribution in [2.45, 2.75) is 6.36 Å². The SMILES string of the molecule is O=C(O)/C(=C/c1ccc(-c2ccccc2OC(F)(F)F)o1)NC(=O)c1ccccc1. The number of furan rings is 1. The van der Waals surface area contributed by atoms with Crippen molar-refractivity contribution in [3.05, 3.63) is 83.8 Å². The van der Waals surface area contributed by atoms with Gasteiger partial charge >= 0.3 is 12.3 Å². The molecule has 0 atom stereocenters. The number of hydrogen-bond donors (Lipinski definition) is 2. The third-order valence-electron chi connectivity index (χ3n) is 3.81. The van der Waals surface area contributed by atoms with E-state index in [-0.39, 0.29) is 22.6 Å². The van der Waals surface area contributed by atoms with Gasteiger partial charge in [0.2, 0.25) is 0 Å². The van der Waals surface area contributed by atoms with Gasteiger partial charge in [0.05, 0.1) is 5.56 Å². The lowest BCUT2D eigenvalue weighted by molar-refractivity contribution is -0.274. The van der Waals surface area contributed by atoms with E-state index in [0.717, 1.165) is 12.1 Å². The van der Waals surface area contributed by atoms with E-state index in [9.17, 15) is 27.9 Å². The Hall–Kier alpha value is -4.01. The number of hydrogen-bond acceptors (Lipinski definition) is 4. The first-order valence-corrected chi connectivity index (χ1v) is 8.49. The molecule has 1 amide bonds. The fraction of sp³-hybridized carbons (Fsp3) is 0.0476. The first kappa shape index (κ1) is 20.7. The number of alkyl halides is 3. The van der Waals surface area contributed by atoms with Crippen molar-refractivity contribution >= 4 is 18.0 Å². The third kappa shape index (κ3) is 5.28. The standard InChI is InChI=1S/C21H14F3NO5/c22-21(23,24)30-18-9-5-4-8-15(18)17-11-10-14(29-17)12-16(20(27)28)25-19(26)13-6-2-1-3-7-13/h1-12H,(H,25,26)(H,27,28)/b16-12-. The molecule has 6 nitrogen and oxygen atoms in total. The van der Waals surface area contributed by atoms with Crippen molar-refractivity contribution in [3.63, 3.8) is 0 Å². The van der Waals surface area contributed by atoms with Crippen LogP contribution in [0, 0.1) is 0 Å². The highest BCUT2D eigenvalue weighted by atomic mass is 19.4. The van der Waals surface area contributed by atoms with E-state index in [1.807, 2.05) is 0 Å². The lowest BCUT2D eigenvalue weighted by Gasteiger charge is -2.11. The number of nitrogens with one attached hydrogen (secondary N) is 1. The van der Waals surface area contributed by atoms with Gasteiger partial charge < -0.3 is 19.6 Å². The van der Waals surface area contributed by atoms with Crippen molar-refractivity contribution in [1.29, 1.82) is 0 Å². The molecule has 30 heavy (non-hydrogen) atoms. The van der Waals surface area contributed by atoms with Gasteiger partial charge in [-0.15, -0.1) is 13.2 Å². The van der Waals surface area contributed by atoms with Crippen molar-refractivity contribution < 1.29 is 37.0 Å². The second kappa shape index (κ2) is 8.56. The minimum absolute atomic E-state index is 0.0116. The summed E-state index contributed by atoms with van der Waals surface area (Å²) in [7, 11) is 0. The molecule has 0 bridgehead atoms. The average Bonchev–Trinajstić information content (AvgIpc) is 3.15. The summed E-state index contributed by atoms with van der Waals surface area (Å²) in [5.74, 6) is -2.48.